The average molecular weight is 497 g/mol. The number of hydrogen-bond donors (Lipinski definition) is 1. The second kappa shape index (κ2) is 10.0. The molecule has 2 aromatic carbocycles. The zero-order valence-corrected chi connectivity index (χ0v) is 19.6. The smallest absolute Gasteiger partial charge is 0.321 e. The van der Waals surface area contributed by atoms with Crippen molar-refractivity contribution in [3.8, 4) is 0 Å². The van der Waals surface area contributed by atoms with E-state index < -0.39 is 0 Å². The average Bonchev–Trinajstić information content (AvgIpc) is 3.07. The maximum absolute atomic E-state index is 12.7. The number of rotatable bonds is 4. The Morgan fingerprint density at radius 1 is 1.03 bits per heavy atom. The topological polar surface area (TPSA) is 61.4 Å². The van der Waals surface area contributed by atoms with Gasteiger partial charge in [-0.1, -0.05) is 53.0 Å². The highest BCUT2D eigenvalue weighted by atomic mass is 35.5. The van der Waals surface area contributed by atoms with Gasteiger partial charge in [0.2, 0.25) is 5.13 Å². The van der Waals surface area contributed by atoms with Crippen molar-refractivity contribution in [2.75, 3.05) is 36.4 Å². The minimum atomic E-state index is -0.188. The van der Waals surface area contributed by atoms with Gasteiger partial charge in [0.25, 0.3) is 0 Å². The first-order valence-electron chi connectivity index (χ1n) is 9.81. The molecule has 0 unspecified atom stereocenters. The van der Waals surface area contributed by atoms with E-state index in [0.717, 1.165) is 29.5 Å². The number of nitrogens with zero attached hydrogens (tertiary/aromatic N) is 4. The fourth-order valence-electron chi connectivity index (χ4n) is 3.34. The Balaban J connectivity index is 1.35. The van der Waals surface area contributed by atoms with Crippen LogP contribution in [-0.4, -0.2) is 46.5 Å². The van der Waals surface area contributed by atoms with E-state index in [1.54, 1.807) is 23.1 Å². The third-order valence-corrected chi connectivity index (χ3v) is 6.87. The van der Waals surface area contributed by atoms with Gasteiger partial charge in [-0.3, -0.25) is 0 Å². The molecule has 2 amide bonds. The van der Waals surface area contributed by atoms with Crippen LogP contribution in [-0.2, 0) is 6.42 Å². The van der Waals surface area contributed by atoms with Crippen LogP contribution in [0, 0.1) is 0 Å². The molecule has 1 saturated heterocycles. The van der Waals surface area contributed by atoms with Gasteiger partial charge in [-0.2, -0.15) is 4.37 Å². The standard InChI is InChI=1S/C21H20Cl3N5OS/c22-15-7-5-14(6-8-15)13-18-26-21(31-27-18)29-10-2-9-28(11-12-29)20(30)25-17-4-1-3-16(23)19(17)24/h1,3-8H,2,9-13H2,(H,25,30). The summed E-state index contributed by atoms with van der Waals surface area (Å²) in [5.41, 5.74) is 1.63. The largest absolute Gasteiger partial charge is 0.345 e. The van der Waals surface area contributed by atoms with Gasteiger partial charge in [-0.25, -0.2) is 9.78 Å². The molecule has 0 bridgehead atoms. The number of anilines is 2. The van der Waals surface area contributed by atoms with Crippen LogP contribution in [0.2, 0.25) is 15.1 Å². The van der Waals surface area contributed by atoms with Crippen LogP contribution in [0.4, 0.5) is 15.6 Å². The maximum atomic E-state index is 12.7. The molecule has 0 atom stereocenters. The fourth-order valence-corrected chi connectivity index (χ4v) is 4.55. The van der Waals surface area contributed by atoms with E-state index in [2.05, 4.69) is 14.6 Å². The molecule has 1 N–H and O–H groups in total. The summed E-state index contributed by atoms with van der Waals surface area (Å²) in [6.07, 6.45) is 1.50. The van der Waals surface area contributed by atoms with Gasteiger partial charge in [0.05, 0.1) is 15.7 Å². The molecular formula is C21H20Cl3N5OS. The number of urea groups is 1. The quantitative estimate of drug-likeness (QED) is 0.493. The number of amides is 2. The molecular weight excluding hydrogens is 477 g/mol. The molecule has 31 heavy (non-hydrogen) atoms. The van der Waals surface area contributed by atoms with E-state index in [1.165, 1.54) is 11.5 Å². The molecule has 0 saturated carbocycles. The van der Waals surface area contributed by atoms with Gasteiger partial charge in [0.15, 0.2) is 0 Å². The maximum Gasteiger partial charge on any atom is 0.321 e. The number of nitrogens with one attached hydrogen (secondary N) is 1. The van der Waals surface area contributed by atoms with Gasteiger partial charge in [-0.15, -0.1) is 0 Å². The molecule has 1 fully saturated rings. The molecule has 1 aliphatic heterocycles. The lowest BCUT2D eigenvalue weighted by Gasteiger charge is -2.22. The molecule has 3 aromatic rings. The van der Waals surface area contributed by atoms with Crippen molar-refractivity contribution in [3.63, 3.8) is 0 Å². The van der Waals surface area contributed by atoms with E-state index in [-0.39, 0.29) is 6.03 Å². The minimum absolute atomic E-state index is 0.188. The fraction of sp³-hybridized carbons (Fsp3) is 0.286. The lowest BCUT2D eigenvalue weighted by Crippen LogP contribution is -2.38. The number of aromatic nitrogens is 2. The highest BCUT2D eigenvalue weighted by Crippen LogP contribution is 2.30. The molecule has 0 radical (unpaired) electrons. The lowest BCUT2D eigenvalue weighted by atomic mass is 10.1. The summed E-state index contributed by atoms with van der Waals surface area (Å²) in [5, 5.41) is 5.20. The van der Waals surface area contributed by atoms with Crippen molar-refractivity contribution in [2.45, 2.75) is 12.8 Å². The zero-order chi connectivity index (χ0) is 21.8. The predicted molar refractivity (Wildman–Crippen MR) is 128 cm³/mol. The molecule has 10 heteroatoms. The minimum Gasteiger partial charge on any atom is -0.345 e. The first-order chi connectivity index (χ1) is 15.0. The summed E-state index contributed by atoms with van der Waals surface area (Å²) >= 11 is 19.6. The van der Waals surface area contributed by atoms with E-state index in [1.807, 2.05) is 24.3 Å². The highest BCUT2D eigenvalue weighted by Gasteiger charge is 2.22. The number of hydrogen-bond acceptors (Lipinski definition) is 5. The Kier molecular flexibility index (Phi) is 7.17. The Bertz CT molecular complexity index is 1060. The summed E-state index contributed by atoms with van der Waals surface area (Å²) < 4.78 is 4.50. The third-order valence-electron chi connectivity index (χ3n) is 4.98. The van der Waals surface area contributed by atoms with E-state index >= 15 is 0 Å². The molecule has 1 aliphatic rings. The Morgan fingerprint density at radius 2 is 1.84 bits per heavy atom. The van der Waals surface area contributed by atoms with Crippen molar-refractivity contribution < 1.29 is 4.79 Å². The first-order valence-corrected chi connectivity index (χ1v) is 11.7. The number of halogens is 3. The summed E-state index contributed by atoms with van der Waals surface area (Å²) in [4.78, 5) is 21.4. The molecule has 6 nitrogen and oxygen atoms in total. The normalized spacial score (nSPS) is 14.4. The molecule has 0 aliphatic carbocycles. The van der Waals surface area contributed by atoms with Crippen LogP contribution in [0.25, 0.3) is 0 Å². The monoisotopic (exact) mass is 495 g/mol. The van der Waals surface area contributed by atoms with Gasteiger partial charge in [-0.05, 0) is 36.2 Å². The van der Waals surface area contributed by atoms with Crippen LogP contribution in [0.1, 0.15) is 17.8 Å². The van der Waals surface area contributed by atoms with E-state index in [9.17, 15) is 4.79 Å². The molecule has 2 heterocycles. The zero-order valence-electron chi connectivity index (χ0n) is 16.5. The van der Waals surface area contributed by atoms with Crippen LogP contribution in [0.5, 0.6) is 0 Å². The third kappa shape index (κ3) is 5.60. The van der Waals surface area contributed by atoms with Crippen LogP contribution in [0.15, 0.2) is 42.5 Å². The van der Waals surface area contributed by atoms with Gasteiger partial charge >= 0.3 is 6.03 Å². The van der Waals surface area contributed by atoms with Crippen LogP contribution < -0.4 is 10.2 Å². The molecule has 0 spiro atoms. The van der Waals surface area contributed by atoms with Crippen molar-refractivity contribution in [1.82, 2.24) is 14.3 Å². The molecule has 1 aromatic heterocycles. The van der Waals surface area contributed by atoms with Crippen molar-refractivity contribution in [2.24, 2.45) is 0 Å². The summed E-state index contributed by atoms with van der Waals surface area (Å²) in [6.45, 7) is 2.73. The molecule has 4 rings (SSSR count). The van der Waals surface area contributed by atoms with Crippen molar-refractivity contribution in [3.05, 3.63) is 68.9 Å². The SMILES string of the molecule is O=C(Nc1cccc(Cl)c1Cl)N1CCCN(c2nc(Cc3ccc(Cl)cc3)ns2)CC1. The van der Waals surface area contributed by atoms with Crippen molar-refractivity contribution in [1.29, 1.82) is 0 Å². The summed E-state index contributed by atoms with van der Waals surface area (Å²) in [5.74, 6) is 0.789. The number of carbonyl (C=O) groups excluding carboxylic acids is 1. The van der Waals surface area contributed by atoms with Crippen molar-refractivity contribution >= 4 is 63.2 Å². The van der Waals surface area contributed by atoms with E-state index in [0.29, 0.717) is 46.8 Å². The molecule has 162 valence electrons. The Labute approximate surface area is 199 Å². The van der Waals surface area contributed by atoms with Gasteiger partial charge in [0, 0.05) is 49.2 Å². The second-order valence-corrected chi connectivity index (χ2v) is 9.11. The summed E-state index contributed by atoms with van der Waals surface area (Å²) in [6, 6.07) is 12.7. The van der Waals surface area contributed by atoms with E-state index in [4.69, 9.17) is 39.8 Å². The van der Waals surface area contributed by atoms with Gasteiger partial charge < -0.3 is 15.1 Å². The van der Waals surface area contributed by atoms with Gasteiger partial charge in [0.1, 0.15) is 5.82 Å². The number of benzene rings is 2. The number of carbonyl (C=O) groups is 1. The highest BCUT2D eigenvalue weighted by molar-refractivity contribution is 7.09. The predicted octanol–water partition coefficient (Wildman–Crippen LogP) is 5.83. The van der Waals surface area contributed by atoms with Crippen LogP contribution >= 0.6 is 46.3 Å². The Morgan fingerprint density at radius 3 is 2.65 bits per heavy atom. The Hall–Kier alpha value is -2.06. The second-order valence-electron chi connectivity index (χ2n) is 7.16. The van der Waals surface area contributed by atoms with Crippen LogP contribution in [0.3, 0.4) is 0 Å². The first kappa shape index (κ1) is 22.1. The lowest BCUT2D eigenvalue weighted by molar-refractivity contribution is 0.215. The summed E-state index contributed by atoms with van der Waals surface area (Å²) in [7, 11) is 0.